The molecule has 0 saturated carbocycles. The SMILES string of the molecule is CCN1C(=O)C[C@H](CN)[C@H]1c1ccncc1. The molecule has 1 aromatic rings. The van der Waals surface area contributed by atoms with Gasteiger partial charge >= 0.3 is 0 Å². The molecule has 16 heavy (non-hydrogen) atoms. The van der Waals surface area contributed by atoms with Gasteiger partial charge in [-0.3, -0.25) is 9.78 Å². The highest BCUT2D eigenvalue weighted by molar-refractivity contribution is 5.79. The number of likely N-dealkylation sites (tertiary alicyclic amines) is 1. The number of hydrogen-bond acceptors (Lipinski definition) is 3. The van der Waals surface area contributed by atoms with Gasteiger partial charge in [0.05, 0.1) is 6.04 Å². The molecule has 0 radical (unpaired) electrons. The Morgan fingerprint density at radius 3 is 2.75 bits per heavy atom. The van der Waals surface area contributed by atoms with Crippen molar-refractivity contribution in [1.29, 1.82) is 0 Å². The van der Waals surface area contributed by atoms with Gasteiger partial charge in [-0.05, 0) is 31.2 Å². The second-order valence-electron chi connectivity index (χ2n) is 4.11. The van der Waals surface area contributed by atoms with Gasteiger partial charge in [0.15, 0.2) is 0 Å². The summed E-state index contributed by atoms with van der Waals surface area (Å²) in [6, 6.07) is 4.06. The molecular weight excluding hydrogens is 202 g/mol. The van der Waals surface area contributed by atoms with E-state index in [2.05, 4.69) is 4.98 Å². The number of nitrogens with two attached hydrogens (primary N) is 1. The lowest BCUT2D eigenvalue weighted by Crippen LogP contribution is -2.30. The summed E-state index contributed by atoms with van der Waals surface area (Å²) >= 11 is 0. The molecule has 0 bridgehead atoms. The Labute approximate surface area is 95.5 Å². The zero-order valence-electron chi connectivity index (χ0n) is 9.47. The minimum Gasteiger partial charge on any atom is -0.336 e. The normalized spacial score (nSPS) is 25.1. The van der Waals surface area contributed by atoms with Crippen LogP contribution in [0.2, 0.25) is 0 Å². The van der Waals surface area contributed by atoms with E-state index in [0.29, 0.717) is 13.0 Å². The lowest BCUT2D eigenvalue weighted by Gasteiger charge is -2.27. The van der Waals surface area contributed by atoms with E-state index in [9.17, 15) is 4.79 Å². The van der Waals surface area contributed by atoms with Crippen molar-refractivity contribution in [2.75, 3.05) is 13.1 Å². The largest absolute Gasteiger partial charge is 0.336 e. The van der Waals surface area contributed by atoms with Gasteiger partial charge in [0.1, 0.15) is 0 Å². The predicted molar refractivity (Wildman–Crippen MR) is 61.5 cm³/mol. The van der Waals surface area contributed by atoms with E-state index in [1.54, 1.807) is 12.4 Å². The Bertz CT molecular complexity index is 366. The van der Waals surface area contributed by atoms with Crippen LogP contribution in [0.25, 0.3) is 0 Å². The van der Waals surface area contributed by atoms with Crippen molar-refractivity contribution < 1.29 is 4.79 Å². The molecule has 1 fully saturated rings. The monoisotopic (exact) mass is 219 g/mol. The third-order valence-electron chi connectivity index (χ3n) is 3.23. The number of carbonyl (C=O) groups excluding carboxylic acids is 1. The first-order chi connectivity index (χ1) is 7.77. The van der Waals surface area contributed by atoms with Crippen molar-refractivity contribution in [3.05, 3.63) is 30.1 Å². The van der Waals surface area contributed by atoms with Gasteiger partial charge in [0.2, 0.25) is 5.91 Å². The van der Waals surface area contributed by atoms with Crippen LogP contribution in [0, 0.1) is 5.92 Å². The van der Waals surface area contributed by atoms with E-state index in [-0.39, 0.29) is 17.9 Å². The average molecular weight is 219 g/mol. The summed E-state index contributed by atoms with van der Waals surface area (Å²) in [6.45, 7) is 3.29. The predicted octanol–water partition coefficient (Wildman–Crippen LogP) is 0.950. The topological polar surface area (TPSA) is 59.2 Å². The van der Waals surface area contributed by atoms with Crippen molar-refractivity contribution in [3.63, 3.8) is 0 Å². The summed E-state index contributed by atoms with van der Waals surface area (Å²) < 4.78 is 0. The van der Waals surface area contributed by atoms with Crippen molar-refractivity contribution in [2.45, 2.75) is 19.4 Å². The van der Waals surface area contributed by atoms with E-state index >= 15 is 0 Å². The quantitative estimate of drug-likeness (QED) is 0.823. The van der Waals surface area contributed by atoms with Crippen LogP contribution < -0.4 is 5.73 Å². The zero-order chi connectivity index (χ0) is 11.5. The van der Waals surface area contributed by atoms with Gasteiger partial charge in [0.25, 0.3) is 0 Å². The zero-order valence-corrected chi connectivity index (χ0v) is 9.47. The lowest BCUT2D eigenvalue weighted by molar-refractivity contribution is -0.128. The van der Waals surface area contributed by atoms with Gasteiger partial charge in [-0.1, -0.05) is 0 Å². The third-order valence-corrected chi connectivity index (χ3v) is 3.23. The van der Waals surface area contributed by atoms with E-state index in [0.717, 1.165) is 12.1 Å². The van der Waals surface area contributed by atoms with E-state index in [4.69, 9.17) is 5.73 Å². The fourth-order valence-corrected chi connectivity index (χ4v) is 2.46. The van der Waals surface area contributed by atoms with Crippen LogP contribution in [0.3, 0.4) is 0 Å². The minimum absolute atomic E-state index is 0.130. The molecule has 4 nitrogen and oxygen atoms in total. The summed E-state index contributed by atoms with van der Waals surface area (Å²) in [5, 5.41) is 0. The van der Waals surface area contributed by atoms with Gasteiger partial charge < -0.3 is 10.6 Å². The standard InChI is InChI=1S/C12H17N3O/c1-2-15-11(16)7-10(8-13)12(15)9-3-5-14-6-4-9/h3-6,10,12H,2,7-8,13H2,1H3/t10-,12-/m1/s1. The molecule has 0 aromatic carbocycles. The molecule has 1 aliphatic heterocycles. The number of amides is 1. The second-order valence-corrected chi connectivity index (χ2v) is 4.11. The van der Waals surface area contributed by atoms with Gasteiger partial charge in [-0.25, -0.2) is 0 Å². The fraction of sp³-hybridized carbons (Fsp3) is 0.500. The summed E-state index contributed by atoms with van der Waals surface area (Å²) in [5.74, 6) is 0.439. The van der Waals surface area contributed by atoms with Crippen LogP contribution in [0.5, 0.6) is 0 Å². The highest BCUT2D eigenvalue weighted by Gasteiger charge is 2.38. The van der Waals surface area contributed by atoms with Crippen molar-refractivity contribution in [1.82, 2.24) is 9.88 Å². The maximum absolute atomic E-state index is 11.8. The third kappa shape index (κ3) is 1.80. The second kappa shape index (κ2) is 4.61. The molecule has 1 saturated heterocycles. The molecule has 86 valence electrons. The first-order valence-electron chi connectivity index (χ1n) is 5.67. The Morgan fingerprint density at radius 2 is 2.19 bits per heavy atom. The average Bonchev–Trinajstić information content (AvgIpc) is 2.66. The number of hydrogen-bond donors (Lipinski definition) is 1. The van der Waals surface area contributed by atoms with Crippen molar-refractivity contribution in [2.24, 2.45) is 11.7 Å². The maximum atomic E-state index is 11.8. The molecule has 2 rings (SSSR count). The first kappa shape index (κ1) is 11.1. The van der Waals surface area contributed by atoms with Crippen molar-refractivity contribution >= 4 is 5.91 Å². The fourth-order valence-electron chi connectivity index (χ4n) is 2.46. The molecule has 0 spiro atoms. The first-order valence-corrected chi connectivity index (χ1v) is 5.67. The van der Waals surface area contributed by atoms with Crippen LogP contribution in [0.4, 0.5) is 0 Å². The summed E-state index contributed by atoms with van der Waals surface area (Å²) in [5.41, 5.74) is 6.88. The molecule has 1 amide bonds. The summed E-state index contributed by atoms with van der Waals surface area (Å²) in [6.07, 6.45) is 4.09. The molecule has 2 N–H and O–H groups in total. The van der Waals surface area contributed by atoms with Crippen LogP contribution in [-0.4, -0.2) is 28.9 Å². The molecule has 4 heteroatoms. The van der Waals surface area contributed by atoms with Gasteiger partial charge in [-0.15, -0.1) is 0 Å². The van der Waals surface area contributed by atoms with Crippen LogP contribution in [-0.2, 0) is 4.79 Å². The maximum Gasteiger partial charge on any atom is 0.223 e. The number of rotatable bonds is 3. The smallest absolute Gasteiger partial charge is 0.223 e. The molecule has 2 atom stereocenters. The number of pyridine rings is 1. The van der Waals surface area contributed by atoms with Gasteiger partial charge in [-0.2, -0.15) is 0 Å². The summed E-state index contributed by atoms with van der Waals surface area (Å²) in [7, 11) is 0. The molecule has 1 aromatic heterocycles. The Balaban J connectivity index is 2.32. The Hall–Kier alpha value is -1.42. The number of nitrogens with zero attached hydrogens (tertiary/aromatic N) is 2. The van der Waals surface area contributed by atoms with Crippen LogP contribution in [0.15, 0.2) is 24.5 Å². The highest BCUT2D eigenvalue weighted by atomic mass is 16.2. The minimum atomic E-state index is 0.130. The molecule has 1 aliphatic rings. The van der Waals surface area contributed by atoms with Crippen LogP contribution >= 0.6 is 0 Å². The Morgan fingerprint density at radius 1 is 1.50 bits per heavy atom. The molecule has 2 heterocycles. The summed E-state index contributed by atoms with van der Waals surface area (Å²) in [4.78, 5) is 17.7. The highest BCUT2D eigenvalue weighted by Crippen LogP contribution is 2.36. The van der Waals surface area contributed by atoms with E-state index in [1.807, 2.05) is 24.0 Å². The van der Waals surface area contributed by atoms with Crippen LogP contribution in [0.1, 0.15) is 24.9 Å². The van der Waals surface area contributed by atoms with Gasteiger partial charge in [0, 0.05) is 31.3 Å². The van der Waals surface area contributed by atoms with E-state index < -0.39 is 0 Å². The van der Waals surface area contributed by atoms with Crippen molar-refractivity contribution in [3.8, 4) is 0 Å². The molecule has 0 unspecified atom stereocenters. The van der Waals surface area contributed by atoms with E-state index in [1.165, 1.54) is 0 Å². The number of carbonyl (C=O) groups is 1. The lowest BCUT2D eigenvalue weighted by atomic mass is 9.94. The number of aromatic nitrogens is 1. The molecule has 0 aliphatic carbocycles. The molecular formula is C12H17N3O. The Kier molecular flexibility index (Phi) is 3.19.